The van der Waals surface area contributed by atoms with Crippen LogP contribution in [0.2, 0.25) is 0 Å². The predicted octanol–water partition coefficient (Wildman–Crippen LogP) is 20.9. The second-order valence-electron chi connectivity index (χ2n) is 20.6. The van der Waals surface area contributed by atoms with Crippen LogP contribution in [0.1, 0.15) is 310 Å². The summed E-state index contributed by atoms with van der Waals surface area (Å²) in [6, 6.07) is 0. The molecule has 0 aliphatic rings. The third-order valence-corrected chi connectivity index (χ3v) is 13.4. The maximum Gasteiger partial charge on any atom is 0.306 e. The summed E-state index contributed by atoms with van der Waals surface area (Å²) in [7, 11) is 0. The summed E-state index contributed by atoms with van der Waals surface area (Å²) in [6.07, 6.45) is 77.7. The van der Waals surface area contributed by atoms with Crippen molar-refractivity contribution in [2.45, 2.75) is 316 Å². The molecule has 6 nitrogen and oxygen atoms in total. The Labute approximate surface area is 446 Å². The fourth-order valence-corrected chi connectivity index (χ4v) is 8.82. The van der Waals surface area contributed by atoms with Crippen molar-refractivity contribution in [2.75, 3.05) is 13.2 Å². The van der Waals surface area contributed by atoms with Gasteiger partial charge in [-0.25, -0.2) is 0 Å². The lowest BCUT2D eigenvalue weighted by molar-refractivity contribution is -0.167. The van der Waals surface area contributed by atoms with Gasteiger partial charge in [-0.15, -0.1) is 0 Å². The molecule has 0 aliphatic carbocycles. The van der Waals surface area contributed by atoms with Gasteiger partial charge in [-0.05, 0) is 89.9 Å². The predicted molar refractivity (Wildman–Crippen MR) is 311 cm³/mol. The summed E-state index contributed by atoms with van der Waals surface area (Å²) in [6.45, 7) is 6.50. The Bertz CT molecular complexity index is 1340. The van der Waals surface area contributed by atoms with Crippen LogP contribution in [-0.4, -0.2) is 37.2 Å². The van der Waals surface area contributed by atoms with E-state index >= 15 is 0 Å². The van der Waals surface area contributed by atoms with Gasteiger partial charge in [0.15, 0.2) is 6.10 Å². The largest absolute Gasteiger partial charge is 0.462 e. The molecule has 0 saturated carbocycles. The molecule has 0 radical (unpaired) electrons. The smallest absolute Gasteiger partial charge is 0.306 e. The van der Waals surface area contributed by atoms with Crippen molar-refractivity contribution in [2.24, 2.45) is 0 Å². The van der Waals surface area contributed by atoms with E-state index in [0.717, 1.165) is 109 Å². The van der Waals surface area contributed by atoms with Gasteiger partial charge >= 0.3 is 17.9 Å². The summed E-state index contributed by atoms with van der Waals surface area (Å²) >= 11 is 0. The number of rotatable bonds is 56. The van der Waals surface area contributed by atoms with Crippen molar-refractivity contribution < 1.29 is 28.6 Å². The number of ether oxygens (including phenoxy) is 3. The maximum atomic E-state index is 12.9. The molecule has 0 saturated heterocycles. The summed E-state index contributed by atoms with van der Waals surface area (Å²) in [5.41, 5.74) is 0. The van der Waals surface area contributed by atoms with E-state index in [1.54, 1.807) is 0 Å². The molecule has 416 valence electrons. The monoisotopic (exact) mass is 1000 g/mol. The Morgan fingerprint density at radius 1 is 0.292 bits per heavy atom. The molecule has 6 heteroatoms. The number of hydrogen-bond donors (Lipinski definition) is 0. The molecule has 1 unspecified atom stereocenters. The van der Waals surface area contributed by atoms with Crippen LogP contribution >= 0.6 is 0 Å². The minimum atomic E-state index is -0.794. The SMILES string of the molecule is CC/C=C\C/C=C\C/C=C\CCCCCC(=O)OCC(COC(=O)CCCCCCCCCCCCCCCCCCCCCCCC)OC(=O)CCCCCCCC/C=C\C/C=C\C/C=C\CCCCC. The minimum Gasteiger partial charge on any atom is -0.462 e. The lowest BCUT2D eigenvalue weighted by atomic mass is 10.0. The van der Waals surface area contributed by atoms with Crippen LogP contribution < -0.4 is 0 Å². The highest BCUT2D eigenvalue weighted by Crippen LogP contribution is 2.17. The van der Waals surface area contributed by atoms with Crippen molar-refractivity contribution in [3.05, 3.63) is 72.9 Å². The number of esters is 3. The van der Waals surface area contributed by atoms with E-state index < -0.39 is 6.10 Å². The maximum absolute atomic E-state index is 12.9. The number of carbonyl (C=O) groups excluding carboxylic acids is 3. The molecule has 72 heavy (non-hydrogen) atoms. The Morgan fingerprint density at radius 3 is 0.889 bits per heavy atom. The highest BCUT2D eigenvalue weighted by molar-refractivity contribution is 5.71. The normalized spacial score (nSPS) is 12.5. The van der Waals surface area contributed by atoms with Gasteiger partial charge in [0.2, 0.25) is 0 Å². The Balaban J connectivity index is 4.34. The quantitative estimate of drug-likeness (QED) is 0.0261. The average Bonchev–Trinajstić information content (AvgIpc) is 3.38. The van der Waals surface area contributed by atoms with Gasteiger partial charge < -0.3 is 14.2 Å². The second-order valence-corrected chi connectivity index (χ2v) is 20.6. The zero-order chi connectivity index (χ0) is 52.2. The first-order chi connectivity index (χ1) is 35.5. The van der Waals surface area contributed by atoms with Crippen LogP contribution in [0.5, 0.6) is 0 Å². The van der Waals surface area contributed by atoms with Crippen LogP contribution in [-0.2, 0) is 28.6 Å². The van der Waals surface area contributed by atoms with E-state index in [-0.39, 0.29) is 31.1 Å². The van der Waals surface area contributed by atoms with Crippen molar-refractivity contribution in [3.63, 3.8) is 0 Å². The zero-order valence-corrected chi connectivity index (χ0v) is 47.7. The Hall–Kier alpha value is -3.15. The van der Waals surface area contributed by atoms with E-state index in [1.807, 2.05) is 0 Å². The molecule has 1 atom stereocenters. The summed E-state index contributed by atoms with van der Waals surface area (Å²) in [4.78, 5) is 38.2. The fourth-order valence-electron chi connectivity index (χ4n) is 8.82. The van der Waals surface area contributed by atoms with Crippen molar-refractivity contribution in [1.29, 1.82) is 0 Å². The first kappa shape index (κ1) is 68.8. The number of unbranched alkanes of at least 4 members (excludes halogenated alkanes) is 33. The molecule has 0 bridgehead atoms. The zero-order valence-electron chi connectivity index (χ0n) is 47.7. The van der Waals surface area contributed by atoms with E-state index in [9.17, 15) is 14.4 Å². The number of hydrogen-bond acceptors (Lipinski definition) is 6. The van der Waals surface area contributed by atoms with Gasteiger partial charge in [0.1, 0.15) is 13.2 Å². The van der Waals surface area contributed by atoms with Gasteiger partial charge in [-0.2, -0.15) is 0 Å². The van der Waals surface area contributed by atoms with Crippen molar-refractivity contribution >= 4 is 17.9 Å². The first-order valence-corrected chi connectivity index (χ1v) is 30.9. The van der Waals surface area contributed by atoms with E-state index in [1.165, 1.54) is 161 Å². The van der Waals surface area contributed by atoms with Crippen LogP contribution in [0.3, 0.4) is 0 Å². The first-order valence-electron chi connectivity index (χ1n) is 30.9. The average molecular weight is 1010 g/mol. The van der Waals surface area contributed by atoms with Crippen LogP contribution in [0, 0.1) is 0 Å². The molecule has 0 fully saturated rings. The number of allylic oxidation sites excluding steroid dienone is 12. The van der Waals surface area contributed by atoms with Crippen LogP contribution in [0.25, 0.3) is 0 Å². The van der Waals surface area contributed by atoms with Gasteiger partial charge in [0.05, 0.1) is 0 Å². The molecule has 0 aliphatic heterocycles. The number of carbonyl (C=O) groups is 3. The molecular formula is C66H116O6. The minimum absolute atomic E-state index is 0.0879. The molecule has 0 spiro atoms. The molecule has 0 aromatic rings. The van der Waals surface area contributed by atoms with E-state index in [4.69, 9.17) is 14.2 Å². The van der Waals surface area contributed by atoms with Gasteiger partial charge in [-0.1, -0.05) is 273 Å². The standard InChI is InChI=1S/C66H116O6/c1-4-7-10-13-16-19-22-25-27-29-31-32-33-35-36-38-41-44-47-50-53-56-59-65(68)71-62-63(61-70-64(67)58-55-52-49-46-43-40-24-21-18-15-12-9-6-3)72-66(69)60-57-54-51-48-45-42-39-37-34-30-28-26-23-20-17-14-11-8-5-2/h9,12,17-18,20-21,26,28,34,37,40,43,63H,4-8,10-11,13-16,19,22-25,27,29-33,35-36,38-39,41-42,44-62H2,1-3H3/b12-9-,20-17-,21-18-,28-26-,37-34-,43-40-. The van der Waals surface area contributed by atoms with E-state index in [2.05, 4.69) is 93.7 Å². The third kappa shape index (κ3) is 57.7. The van der Waals surface area contributed by atoms with Crippen LogP contribution in [0.4, 0.5) is 0 Å². The molecule has 0 aromatic heterocycles. The molecule has 0 heterocycles. The van der Waals surface area contributed by atoms with Gasteiger partial charge in [0, 0.05) is 19.3 Å². The summed E-state index contributed by atoms with van der Waals surface area (Å²) < 4.78 is 16.9. The molecule has 0 rings (SSSR count). The van der Waals surface area contributed by atoms with Crippen molar-refractivity contribution in [1.82, 2.24) is 0 Å². The molecule has 0 aromatic carbocycles. The fraction of sp³-hybridized carbons (Fsp3) is 0.773. The summed E-state index contributed by atoms with van der Waals surface area (Å²) in [5, 5.41) is 0. The van der Waals surface area contributed by atoms with Crippen LogP contribution in [0.15, 0.2) is 72.9 Å². The molecule has 0 N–H and O–H groups in total. The van der Waals surface area contributed by atoms with Gasteiger partial charge in [-0.3, -0.25) is 14.4 Å². The molecular weight excluding hydrogens is 889 g/mol. The third-order valence-electron chi connectivity index (χ3n) is 13.4. The second kappa shape index (κ2) is 60.4. The molecule has 0 amide bonds. The summed E-state index contributed by atoms with van der Waals surface area (Å²) in [5.74, 6) is -0.918. The Morgan fingerprint density at radius 2 is 0.542 bits per heavy atom. The Kier molecular flexibility index (Phi) is 57.8. The van der Waals surface area contributed by atoms with E-state index in [0.29, 0.717) is 19.3 Å². The highest BCUT2D eigenvalue weighted by Gasteiger charge is 2.19. The topological polar surface area (TPSA) is 78.9 Å². The van der Waals surface area contributed by atoms with Crippen molar-refractivity contribution in [3.8, 4) is 0 Å². The lowest BCUT2D eigenvalue weighted by Crippen LogP contribution is -2.30. The van der Waals surface area contributed by atoms with Gasteiger partial charge in [0.25, 0.3) is 0 Å². The highest BCUT2D eigenvalue weighted by atomic mass is 16.6. The lowest BCUT2D eigenvalue weighted by Gasteiger charge is -2.18.